The molecule has 180 valence electrons. The van der Waals surface area contributed by atoms with Gasteiger partial charge in [0, 0.05) is 6.42 Å². The van der Waals surface area contributed by atoms with E-state index >= 15 is 0 Å². The third-order valence-corrected chi connectivity index (χ3v) is 8.18. The zero-order chi connectivity index (χ0) is 22.7. The van der Waals surface area contributed by atoms with Gasteiger partial charge in [-0.15, -0.1) is 0 Å². The minimum atomic E-state index is -3.55. The molecule has 30 heavy (non-hydrogen) atoms. The molecule has 5 heteroatoms. The molecule has 0 rings (SSSR count). The lowest BCUT2D eigenvalue weighted by Crippen LogP contribution is -2.44. The number of unbranched alkanes of at least 4 members (excludes halogenated alkanes) is 13. The first kappa shape index (κ1) is 29.9. The summed E-state index contributed by atoms with van der Waals surface area (Å²) in [4.78, 5) is 10.3. The minimum absolute atomic E-state index is 0.348. The van der Waals surface area contributed by atoms with Gasteiger partial charge in [0.05, 0.1) is 27.7 Å². The van der Waals surface area contributed by atoms with E-state index < -0.39 is 7.60 Å². The second-order valence-electron chi connectivity index (χ2n) is 9.69. The number of hydrogen-bond acceptors (Lipinski definition) is 2. The van der Waals surface area contributed by atoms with E-state index in [9.17, 15) is 9.46 Å². The fraction of sp³-hybridized carbons (Fsp3) is 0.920. The van der Waals surface area contributed by atoms with Gasteiger partial charge in [0.2, 0.25) is 0 Å². The molecular weight excluding hydrogens is 393 g/mol. The van der Waals surface area contributed by atoms with E-state index in [1.165, 1.54) is 83.5 Å². The second kappa shape index (κ2) is 18.4. The van der Waals surface area contributed by atoms with Gasteiger partial charge >= 0.3 is 7.60 Å². The van der Waals surface area contributed by atoms with Crippen molar-refractivity contribution in [3.05, 3.63) is 12.2 Å². The van der Waals surface area contributed by atoms with Gasteiger partial charge in [-0.2, -0.15) is 0 Å². The molecule has 0 aromatic carbocycles. The molecule has 0 heterocycles. The van der Waals surface area contributed by atoms with Crippen molar-refractivity contribution in [2.24, 2.45) is 0 Å². The molecule has 0 aliphatic carbocycles. The number of hydrogen-bond donors (Lipinski definition) is 1. The molecule has 0 aliphatic rings. The predicted octanol–water partition coefficient (Wildman–Crippen LogP) is 8.06. The maximum atomic E-state index is 12.5. The van der Waals surface area contributed by atoms with Crippen LogP contribution in [-0.4, -0.2) is 42.9 Å². The summed E-state index contributed by atoms with van der Waals surface area (Å²) in [6, 6.07) is 0. The maximum absolute atomic E-state index is 12.5. The fourth-order valence-corrected chi connectivity index (χ4v) is 5.92. The van der Waals surface area contributed by atoms with Gasteiger partial charge in [0.15, 0.2) is 5.78 Å². The van der Waals surface area contributed by atoms with Crippen molar-refractivity contribution in [2.75, 3.05) is 27.7 Å². The highest BCUT2D eigenvalue weighted by atomic mass is 31.2. The van der Waals surface area contributed by atoms with Crippen molar-refractivity contribution in [2.45, 2.75) is 122 Å². The molecule has 0 amide bonds. The molecular formula is C25H53NO3P+. The van der Waals surface area contributed by atoms with Crippen LogP contribution in [0.1, 0.15) is 117 Å². The van der Waals surface area contributed by atoms with Crippen molar-refractivity contribution >= 4 is 7.60 Å². The van der Waals surface area contributed by atoms with Crippen LogP contribution in [0, 0.1) is 0 Å². The van der Waals surface area contributed by atoms with Crippen LogP contribution < -0.4 is 0 Å². The van der Waals surface area contributed by atoms with E-state index in [0.717, 1.165) is 12.8 Å². The van der Waals surface area contributed by atoms with E-state index in [-0.39, 0.29) is 5.78 Å². The van der Waals surface area contributed by atoms with Crippen LogP contribution in [0.25, 0.3) is 0 Å². The van der Waals surface area contributed by atoms with Crippen molar-refractivity contribution < 1.29 is 18.5 Å². The quantitative estimate of drug-likeness (QED) is 0.0839. The van der Waals surface area contributed by atoms with Crippen LogP contribution in [0.15, 0.2) is 12.2 Å². The summed E-state index contributed by atoms with van der Waals surface area (Å²) >= 11 is 0. The van der Waals surface area contributed by atoms with Crippen LogP contribution in [0.3, 0.4) is 0 Å². The molecule has 0 spiro atoms. The van der Waals surface area contributed by atoms with E-state index in [1.54, 1.807) is 0 Å². The molecule has 0 aromatic heterocycles. The van der Waals surface area contributed by atoms with Crippen molar-refractivity contribution in [1.82, 2.24) is 0 Å². The smallest absolute Gasteiger partial charge is 0.320 e. The molecule has 1 N–H and O–H groups in total. The third-order valence-electron chi connectivity index (χ3n) is 5.82. The minimum Gasteiger partial charge on any atom is -0.320 e. The highest BCUT2D eigenvalue weighted by Crippen LogP contribution is 2.51. The maximum Gasteiger partial charge on any atom is 0.385 e. The Balaban J connectivity index is 3.48. The van der Waals surface area contributed by atoms with E-state index in [2.05, 4.69) is 19.1 Å². The summed E-state index contributed by atoms with van der Waals surface area (Å²) < 4.78 is 18.4. The Morgan fingerprint density at radius 1 is 0.767 bits per heavy atom. The number of allylic oxidation sites excluding steroid dienone is 2. The monoisotopic (exact) mass is 446 g/mol. The molecule has 0 aromatic rings. The van der Waals surface area contributed by atoms with Crippen molar-refractivity contribution in [1.29, 1.82) is 0 Å². The van der Waals surface area contributed by atoms with Crippen LogP contribution in [0.2, 0.25) is 0 Å². The normalized spacial score (nSPS) is 15.5. The first-order chi connectivity index (χ1) is 14.3. The van der Waals surface area contributed by atoms with Gasteiger partial charge < -0.3 is 13.9 Å². The third kappa shape index (κ3) is 16.5. The van der Waals surface area contributed by atoms with Crippen LogP contribution >= 0.6 is 7.60 Å². The lowest BCUT2D eigenvalue weighted by Gasteiger charge is -2.35. The van der Waals surface area contributed by atoms with Gasteiger partial charge in [-0.05, 0) is 32.1 Å². The van der Waals surface area contributed by atoms with Gasteiger partial charge in [0.1, 0.15) is 0 Å². The molecule has 0 fully saturated rings. The lowest BCUT2D eigenvalue weighted by atomic mass is 10.1. The van der Waals surface area contributed by atoms with Crippen molar-refractivity contribution in [3.8, 4) is 0 Å². The molecule has 0 radical (unpaired) electrons. The molecule has 4 nitrogen and oxygen atoms in total. The Hall–Kier alpha value is -0.150. The van der Waals surface area contributed by atoms with Gasteiger partial charge in [-0.3, -0.25) is 4.57 Å². The van der Waals surface area contributed by atoms with E-state index in [0.29, 0.717) is 17.5 Å². The van der Waals surface area contributed by atoms with E-state index in [1.807, 2.05) is 28.1 Å². The zero-order valence-corrected chi connectivity index (χ0v) is 21.8. The zero-order valence-electron chi connectivity index (χ0n) is 20.9. The average Bonchev–Trinajstić information content (AvgIpc) is 2.66. The highest BCUT2D eigenvalue weighted by Gasteiger charge is 2.41. The Morgan fingerprint density at radius 2 is 1.20 bits per heavy atom. The summed E-state index contributed by atoms with van der Waals surface area (Å²) in [5, 5.41) is 0. The Labute approximate surface area is 188 Å². The highest BCUT2D eigenvalue weighted by molar-refractivity contribution is 7.53. The first-order valence-electron chi connectivity index (χ1n) is 12.7. The molecule has 2 unspecified atom stereocenters. The van der Waals surface area contributed by atoms with Crippen LogP contribution in [0.4, 0.5) is 0 Å². The average molecular weight is 447 g/mol. The fourth-order valence-electron chi connectivity index (χ4n) is 4.02. The standard InChI is InChI=1S/C25H52NO3P/c1-6-8-9-10-11-12-13-14-15-16-17-18-19-20-21-22-23-24-29-30(27,28)25(7-2)26(3,4)5/h11-12,25H,6-10,13-24H2,1-5H3/p+1. The summed E-state index contributed by atoms with van der Waals surface area (Å²) in [6.07, 6.45) is 24.5. The molecule has 0 bridgehead atoms. The van der Waals surface area contributed by atoms with Gasteiger partial charge in [-0.25, -0.2) is 0 Å². The van der Waals surface area contributed by atoms with Crippen molar-refractivity contribution in [3.63, 3.8) is 0 Å². The van der Waals surface area contributed by atoms with Gasteiger partial charge in [-0.1, -0.05) is 90.2 Å². The summed E-state index contributed by atoms with van der Waals surface area (Å²) in [6.45, 7) is 4.61. The Bertz CT molecular complexity index is 460. The first-order valence-corrected chi connectivity index (χ1v) is 14.3. The van der Waals surface area contributed by atoms with Crippen LogP contribution in [-0.2, 0) is 9.09 Å². The summed E-state index contributed by atoms with van der Waals surface area (Å²) in [5.74, 6) is -0.348. The molecule has 0 saturated heterocycles. The molecule has 0 saturated carbocycles. The number of quaternary nitrogens is 1. The molecule has 0 aliphatic heterocycles. The topological polar surface area (TPSA) is 46.5 Å². The number of rotatable bonds is 21. The second-order valence-corrected chi connectivity index (χ2v) is 11.7. The SMILES string of the molecule is CCCCCC=CCCCCCCCCCCCCOP(=O)(O)C(CC)[N+](C)(C)C. The number of nitrogens with zero attached hydrogens (tertiary/aromatic N) is 1. The Kier molecular flexibility index (Phi) is 18.3. The Morgan fingerprint density at radius 3 is 1.63 bits per heavy atom. The van der Waals surface area contributed by atoms with Gasteiger partial charge in [0.25, 0.3) is 0 Å². The predicted molar refractivity (Wildman–Crippen MR) is 132 cm³/mol. The lowest BCUT2D eigenvalue weighted by molar-refractivity contribution is -0.883. The largest absolute Gasteiger partial charge is 0.385 e. The van der Waals surface area contributed by atoms with E-state index in [4.69, 9.17) is 4.52 Å². The molecule has 2 atom stereocenters. The summed E-state index contributed by atoms with van der Waals surface area (Å²) in [5.41, 5.74) is 0. The summed E-state index contributed by atoms with van der Waals surface area (Å²) in [7, 11) is 2.31. The van der Waals surface area contributed by atoms with Crippen LogP contribution in [0.5, 0.6) is 0 Å².